The Kier molecular flexibility index (Phi) is 5.85. The standard InChI is InChI=1S/C19H18F3NO5S/c20-19(21,22)14-5-8-17(28-12-18(24)25)16(11-14)13-3-6-15(7-4-13)29(26,27)23-9-1-2-10-23/h3-8,11H,1-2,9-10,12H2,(H,24,25). The number of hydrogen-bond donors (Lipinski definition) is 1. The molecule has 2 aromatic rings. The lowest BCUT2D eigenvalue weighted by atomic mass is 10.0. The normalized spacial score (nSPS) is 15.4. The molecule has 0 spiro atoms. The first-order valence-electron chi connectivity index (χ1n) is 8.75. The quantitative estimate of drug-likeness (QED) is 0.758. The van der Waals surface area contributed by atoms with Gasteiger partial charge in [0.1, 0.15) is 5.75 Å². The molecule has 0 unspecified atom stereocenters. The molecule has 6 nitrogen and oxygen atoms in total. The van der Waals surface area contributed by atoms with Crippen LogP contribution in [0, 0.1) is 0 Å². The average Bonchev–Trinajstić information content (AvgIpc) is 3.21. The van der Waals surface area contributed by atoms with E-state index in [0.717, 1.165) is 31.0 Å². The molecule has 2 aromatic carbocycles. The molecule has 1 fully saturated rings. The van der Waals surface area contributed by atoms with Crippen molar-refractivity contribution < 1.29 is 36.2 Å². The summed E-state index contributed by atoms with van der Waals surface area (Å²) in [7, 11) is -3.66. The Morgan fingerprint density at radius 3 is 2.24 bits per heavy atom. The van der Waals surface area contributed by atoms with Crippen LogP contribution in [0.25, 0.3) is 11.1 Å². The van der Waals surface area contributed by atoms with Gasteiger partial charge in [-0.25, -0.2) is 13.2 Å². The molecule has 156 valence electrons. The minimum atomic E-state index is -4.60. The lowest BCUT2D eigenvalue weighted by Crippen LogP contribution is -2.27. The zero-order valence-electron chi connectivity index (χ0n) is 15.1. The van der Waals surface area contributed by atoms with Gasteiger partial charge in [-0.15, -0.1) is 0 Å². The largest absolute Gasteiger partial charge is 0.481 e. The van der Waals surface area contributed by atoms with Crippen LogP contribution in [0.2, 0.25) is 0 Å². The van der Waals surface area contributed by atoms with Crippen molar-refractivity contribution in [3.05, 3.63) is 48.0 Å². The molecule has 1 aliphatic rings. The van der Waals surface area contributed by atoms with E-state index in [4.69, 9.17) is 9.84 Å². The van der Waals surface area contributed by atoms with E-state index in [2.05, 4.69) is 0 Å². The average molecular weight is 429 g/mol. The number of nitrogens with zero attached hydrogens (tertiary/aromatic N) is 1. The summed E-state index contributed by atoms with van der Waals surface area (Å²) in [5.74, 6) is -1.32. The maximum atomic E-state index is 13.1. The van der Waals surface area contributed by atoms with Gasteiger partial charge in [-0.1, -0.05) is 12.1 Å². The van der Waals surface area contributed by atoms with Crippen molar-refractivity contribution in [3.63, 3.8) is 0 Å². The second-order valence-corrected chi connectivity index (χ2v) is 8.46. The summed E-state index contributed by atoms with van der Waals surface area (Å²) in [5.41, 5.74) is -0.632. The van der Waals surface area contributed by atoms with E-state index in [-0.39, 0.29) is 21.8 Å². The second kappa shape index (κ2) is 8.03. The summed E-state index contributed by atoms with van der Waals surface area (Å²) in [6.45, 7) is 0.148. The van der Waals surface area contributed by atoms with Crippen LogP contribution < -0.4 is 4.74 Å². The lowest BCUT2D eigenvalue weighted by Gasteiger charge is -2.17. The highest BCUT2D eigenvalue weighted by molar-refractivity contribution is 7.89. The fourth-order valence-electron chi connectivity index (χ4n) is 3.08. The topological polar surface area (TPSA) is 83.9 Å². The van der Waals surface area contributed by atoms with E-state index in [9.17, 15) is 26.4 Å². The number of rotatable bonds is 6. The van der Waals surface area contributed by atoms with E-state index in [1.54, 1.807) is 0 Å². The highest BCUT2D eigenvalue weighted by Gasteiger charge is 2.32. The number of carboxylic acid groups (broad SMARTS) is 1. The van der Waals surface area contributed by atoms with Crippen molar-refractivity contribution in [2.45, 2.75) is 23.9 Å². The molecule has 0 aliphatic carbocycles. The number of aliphatic carboxylic acids is 1. The first kappa shape index (κ1) is 21.1. The maximum absolute atomic E-state index is 13.1. The third-order valence-electron chi connectivity index (χ3n) is 4.53. The molecule has 0 bridgehead atoms. The summed E-state index contributed by atoms with van der Waals surface area (Å²) in [5, 5.41) is 8.77. The Hall–Kier alpha value is -2.59. The molecule has 0 amide bonds. The summed E-state index contributed by atoms with van der Waals surface area (Å²) in [6.07, 6.45) is -3.03. The van der Waals surface area contributed by atoms with Crippen LogP contribution >= 0.6 is 0 Å². The van der Waals surface area contributed by atoms with Gasteiger partial charge in [-0.05, 0) is 48.7 Å². The number of hydrogen-bond acceptors (Lipinski definition) is 4. The number of alkyl halides is 3. The summed E-state index contributed by atoms with van der Waals surface area (Å²) in [4.78, 5) is 10.8. The number of halogens is 3. The van der Waals surface area contributed by atoms with E-state index in [1.165, 1.54) is 28.6 Å². The van der Waals surface area contributed by atoms with Crippen LogP contribution in [-0.2, 0) is 21.0 Å². The third-order valence-corrected chi connectivity index (χ3v) is 6.44. The summed E-state index contributed by atoms with van der Waals surface area (Å²) in [6, 6.07) is 8.11. The van der Waals surface area contributed by atoms with Gasteiger partial charge in [0.25, 0.3) is 0 Å². The van der Waals surface area contributed by atoms with Gasteiger partial charge in [0.05, 0.1) is 10.5 Å². The van der Waals surface area contributed by atoms with E-state index in [0.29, 0.717) is 13.1 Å². The number of ether oxygens (including phenoxy) is 1. The number of carbonyl (C=O) groups is 1. The van der Waals surface area contributed by atoms with Crippen molar-refractivity contribution in [2.24, 2.45) is 0 Å². The molecule has 1 heterocycles. The molecule has 3 rings (SSSR count). The molecule has 10 heteroatoms. The van der Waals surface area contributed by atoms with Crippen LogP contribution in [0.4, 0.5) is 13.2 Å². The fourth-order valence-corrected chi connectivity index (χ4v) is 4.60. The van der Waals surface area contributed by atoms with Gasteiger partial charge in [0.15, 0.2) is 6.61 Å². The predicted molar refractivity (Wildman–Crippen MR) is 98.0 cm³/mol. The highest BCUT2D eigenvalue weighted by atomic mass is 32.2. The van der Waals surface area contributed by atoms with Gasteiger partial charge in [-0.2, -0.15) is 17.5 Å². The molecule has 1 N–H and O–H groups in total. The van der Waals surface area contributed by atoms with Crippen LogP contribution in [0.3, 0.4) is 0 Å². The molecule has 0 aromatic heterocycles. The Balaban J connectivity index is 1.98. The summed E-state index contributed by atoms with van der Waals surface area (Å²) < 4.78 is 71.0. The molecule has 0 radical (unpaired) electrons. The van der Waals surface area contributed by atoms with Gasteiger partial charge < -0.3 is 9.84 Å². The Labute approximate surface area is 165 Å². The van der Waals surface area contributed by atoms with Crippen LogP contribution in [0.15, 0.2) is 47.4 Å². The highest BCUT2D eigenvalue weighted by Crippen LogP contribution is 2.37. The lowest BCUT2D eigenvalue weighted by molar-refractivity contribution is -0.140. The van der Waals surface area contributed by atoms with E-state index < -0.39 is 34.3 Å². The molecule has 0 atom stereocenters. The van der Waals surface area contributed by atoms with Crippen LogP contribution in [0.5, 0.6) is 5.75 Å². The fraction of sp³-hybridized carbons (Fsp3) is 0.316. The van der Waals surface area contributed by atoms with Crippen molar-refractivity contribution in [1.82, 2.24) is 4.31 Å². The van der Waals surface area contributed by atoms with Crippen LogP contribution in [0.1, 0.15) is 18.4 Å². The zero-order chi connectivity index (χ0) is 21.2. The van der Waals surface area contributed by atoms with Crippen molar-refractivity contribution in [1.29, 1.82) is 0 Å². The predicted octanol–water partition coefficient (Wildman–Crippen LogP) is 3.62. The second-order valence-electron chi connectivity index (χ2n) is 6.53. The molecule has 0 saturated carbocycles. The Morgan fingerprint density at radius 1 is 1.07 bits per heavy atom. The number of benzene rings is 2. The monoisotopic (exact) mass is 429 g/mol. The smallest absolute Gasteiger partial charge is 0.416 e. The van der Waals surface area contributed by atoms with E-state index >= 15 is 0 Å². The SMILES string of the molecule is O=C(O)COc1ccc(C(F)(F)F)cc1-c1ccc(S(=O)(=O)N2CCCC2)cc1. The molecule has 29 heavy (non-hydrogen) atoms. The third kappa shape index (κ3) is 4.70. The number of carboxylic acids is 1. The van der Waals surface area contributed by atoms with Crippen molar-refractivity contribution >= 4 is 16.0 Å². The Bertz CT molecular complexity index is 997. The van der Waals surface area contributed by atoms with Gasteiger partial charge in [-0.3, -0.25) is 0 Å². The van der Waals surface area contributed by atoms with Crippen LogP contribution in [-0.4, -0.2) is 43.5 Å². The van der Waals surface area contributed by atoms with Gasteiger partial charge in [0.2, 0.25) is 10.0 Å². The minimum Gasteiger partial charge on any atom is -0.481 e. The minimum absolute atomic E-state index is 0.0196. The summed E-state index contributed by atoms with van der Waals surface area (Å²) >= 11 is 0. The first-order chi connectivity index (χ1) is 13.6. The molecule has 1 aliphatic heterocycles. The Morgan fingerprint density at radius 2 is 1.69 bits per heavy atom. The molecular formula is C19H18F3NO5S. The van der Waals surface area contributed by atoms with Gasteiger partial charge >= 0.3 is 12.1 Å². The zero-order valence-corrected chi connectivity index (χ0v) is 16.0. The van der Waals surface area contributed by atoms with Crippen molar-refractivity contribution in [2.75, 3.05) is 19.7 Å². The van der Waals surface area contributed by atoms with Crippen molar-refractivity contribution in [3.8, 4) is 16.9 Å². The van der Waals surface area contributed by atoms with E-state index in [1.807, 2.05) is 0 Å². The molecule has 1 saturated heterocycles. The maximum Gasteiger partial charge on any atom is 0.416 e. The van der Waals surface area contributed by atoms with Gasteiger partial charge in [0, 0.05) is 18.7 Å². The first-order valence-corrected chi connectivity index (χ1v) is 10.2. The molecular weight excluding hydrogens is 411 g/mol. The number of sulfonamides is 1.